The van der Waals surface area contributed by atoms with Crippen LogP contribution in [0, 0.1) is 0 Å². The second kappa shape index (κ2) is 9.25. The predicted octanol–water partition coefficient (Wildman–Crippen LogP) is 3.19. The van der Waals surface area contributed by atoms with Gasteiger partial charge in [-0.25, -0.2) is 0 Å². The molecule has 0 saturated heterocycles. The van der Waals surface area contributed by atoms with Crippen LogP contribution in [0.3, 0.4) is 0 Å². The maximum absolute atomic E-state index is 12.4. The Kier molecular flexibility index (Phi) is 7.32. The molecule has 2 nitrogen and oxygen atoms in total. The fourth-order valence-electron chi connectivity index (χ4n) is 1.97. The molecule has 0 saturated carbocycles. The summed E-state index contributed by atoms with van der Waals surface area (Å²) in [6.07, 6.45) is 4.56. The standard InChI is InChI=1S/C6H5.C6H4.C6H13.2Co.2O/c2*1-2-4-6-5-3-1;1-3-5-6-4-2;;;;/h1-5H;1-2,5-6H;1,3-6H2,2H3;;;;. The van der Waals surface area contributed by atoms with Crippen LogP contribution in [0.5, 0.6) is 0 Å². The molecule has 0 heterocycles. The summed E-state index contributed by atoms with van der Waals surface area (Å²) in [5, 5.41) is 0.747. The first kappa shape index (κ1) is 17.4. The van der Waals surface area contributed by atoms with Crippen LogP contribution in [0.25, 0.3) is 0 Å². The first-order valence-electron chi connectivity index (χ1n) is 7.45. The summed E-state index contributed by atoms with van der Waals surface area (Å²) in [5.41, 5.74) is 0. The fourth-order valence-corrected chi connectivity index (χ4v) is 4.78. The summed E-state index contributed by atoms with van der Waals surface area (Å²) in [5.74, 6) is 0. The predicted molar refractivity (Wildman–Crippen MR) is 82.1 cm³/mol. The molecule has 0 unspecified atom stereocenters. The second-order valence-corrected chi connectivity index (χ2v) is 8.77. The van der Waals surface area contributed by atoms with Crippen LogP contribution in [0.1, 0.15) is 32.6 Å². The van der Waals surface area contributed by atoms with Crippen molar-refractivity contribution in [3.63, 3.8) is 0 Å². The molecule has 0 bridgehead atoms. The number of benzene rings is 2. The van der Waals surface area contributed by atoms with Gasteiger partial charge in [-0.05, 0) is 0 Å². The molecule has 0 spiro atoms. The Morgan fingerprint density at radius 3 is 1.95 bits per heavy atom. The molecule has 0 fully saturated rings. The van der Waals surface area contributed by atoms with Crippen molar-refractivity contribution < 1.29 is 34.9 Å². The van der Waals surface area contributed by atoms with E-state index in [9.17, 15) is 7.73 Å². The third kappa shape index (κ3) is 5.05. The Bertz CT molecular complexity index is 621. The Labute approximate surface area is 140 Å². The molecular weight excluding hydrogens is 366 g/mol. The quantitative estimate of drug-likeness (QED) is 0.651. The minimum absolute atomic E-state index is 0.747. The summed E-state index contributed by atoms with van der Waals surface area (Å²) in [6.45, 7) is 2.17. The zero-order valence-corrected chi connectivity index (χ0v) is 14.8. The van der Waals surface area contributed by atoms with E-state index in [1.807, 2.05) is 54.6 Å². The third-order valence-corrected chi connectivity index (χ3v) is 6.82. The average Bonchev–Trinajstić information content (AvgIpc) is 2.59. The molecule has 2 aromatic rings. The van der Waals surface area contributed by atoms with Gasteiger partial charge in [0.2, 0.25) is 0 Å². The van der Waals surface area contributed by atoms with E-state index in [4.69, 9.17) is 0 Å². The van der Waals surface area contributed by atoms with Gasteiger partial charge < -0.3 is 0 Å². The zero-order chi connectivity index (χ0) is 15.8. The molecule has 0 aliphatic heterocycles. The van der Waals surface area contributed by atoms with E-state index in [-0.39, 0.29) is 0 Å². The molecule has 2 aromatic carbocycles. The molecule has 0 radical (unpaired) electrons. The van der Waals surface area contributed by atoms with Crippen LogP contribution in [0.2, 0.25) is 5.36 Å². The number of rotatable bonds is 8. The summed E-state index contributed by atoms with van der Waals surface area (Å²) in [6, 6.07) is 16.9. The van der Waals surface area contributed by atoms with Gasteiger partial charge in [-0.15, -0.1) is 0 Å². The van der Waals surface area contributed by atoms with Crippen LogP contribution < -0.4 is 13.5 Å². The van der Waals surface area contributed by atoms with E-state index in [2.05, 4.69) is 6.92 Å². The molecule has 4 heteroatoms. The Morgan fingerprint density at radius 2 is 1.32 bits per heavy atom. The molecular formula is C18H22Co2O2. The average molecular weight is 388 g/mol. The summed E-state index contributed by atoms with van der Waals surface area (Å²) < 4.78 is 27.2. The molecule has 0 amide bonds. The molecule has 124 valence electrons. The van der Waals surface area contributed by atoms with Crippen molar-refractivity contribution in [3.8, 4) is 0 Å². The number of hydrogen-bond donors (Lipinski definition) is 0. The van der Waals surface area contributed by atoms with E-state index < -0.39 is 27.2 Å². The molecule has 0 aromatic heterocycles. The maximum atomic E-state index is 12.4. The van der Waals surface area contributed by atoms with Crippen LogP contribution in [-0.2, 0) is 34.9 Å². The molecule has 22 heavy (non-hydrogen) atoms. The van der Waals surface area contributed by atoms with Crippen LogP contribution in [0.4, 0.5) is 0 Å². The van der Waals surface area contributed by atoms with Gasteiger partial charge in [-0.3, -0.25) is 0 Å². The fraction of sp³-hybridized carbons (Fsp3) is 0.333. The topological polar surface area (TPSA) is 34.1 Å². The Morgan fingerprint density at radius 1 is 0.727 bits per heavy atom. The van der Waals surface area contributed by atoms with Crippen molar-refractivity contribution in [2.24, 2.45) is 0 Å². The van der Waals surface area contributed by atoms with Crippen LogP contribution in [-0.4, -0.2) is 0 Å². The first-order valence-corrected chi connectivity index (χ1v) is 10.6. The van der Waals surface area contributed by atoms with Crippen molar-refractivity contribution in [1.29, 1.82) is 0 Å². The summed E-state index contributed by atoms with van der Waals surface area (Å²) in [7, 11) is 0. The van der Waals surface area contributed by atoms with E-state index in [1.54, 1.807) is 0 Å². The summed E-state index contributed by atoms with van der Waals surface area (Å²) in [4.78, 5) is 0. The Balaban J connectivity index is 1.98. The zero-order valence-electron chi connectivity index (χ0n) is 12.7. The van der Waals surface area contributed by atoms with Gasteiger partial charge in [0.1, 0.15) is 0 Å². The minimum atomic E-state index is -1.54. The Hall–Kier alpha value is -0.947. The van der Waals surface area contributed by atoms with Crippen LogP contribution >= 0.6 is 0 Å². The number of unbranched alkanes of at least 4 members (excludes halogenated alkanes) is 3. The second-order valence-electron chi connectivity index (χ2n) is 4.88. The normalized spacial score (nSPS) is 12.0. The van der Waals surface area contributed by atoms with E-state index in [0.29, 0.717) is 0 Å². The van der Waals surface area contributed by atoms with Crippen LogP contribution in [0.15, 0.2) is 54.6 Å². The summed E-state index contributed by atoms with van der Waals surface area (Å²) >= 11 is -2.84. The van der Waals surface area contributed by atoms with Gasteiger partial charge in [0.25, 0.3) is 0 Å². The molecule has 0 N–H and O–H groups in total. The number of hydrogen-bond acceptors (Lipinski definition) is 2. The van der Waals surface area contributed by atoms with Gasteiger partial charge in [0, 0.05) is 0 Å². The van der Waals surface area contributed by atoms with Gasteiger partial charge in [-0.1, -0.05) is 0 Å². The van der Waals surface area contributed by atoms with E-state index >= 15 is 0 Å². The first-order chi connectivity index (χ1) is 10.7. The van der Waals surface area contributed by atoms with Gasteiger partial charge >= 0.3 is 141 Å². The molecule has 0 aliphatic carbocycles. The SMILES string of the molecule is CCCCC[CH2][Co](=[O])[c]1cc[c]([Co](=[O])[c]2ccccc2)cc1. The van der Waals surface area contributed by atoms with Crippen molar-refractivity contribution in [2.45, 2.75) is 38.0 Å². The van der Waals surface area contributed by atoms with E-state index in [1.165, 1.54) is 12.8 Å². The van der Waals surface area contributed by atoms with Gasteiger partial charge in [-0.2, -0.15) is 0 Å². The molecule has 0 atom stereocenters. The molecule has 0 aliphatic rings. The van der Waals surface area contributed by atoms with E-state index in [0.717, 1.165) is 31.7 Å². The van der Waals surface area contributed by atoms with Crippen molar-refractivity contribution in [2.75, 3.05) is 0 Å². The molecule has 2 rings (SSSR count). The van der Waals surface area contributed by atoms with Crippen molar-refractivity contribution >= 4 is 13.5 Å². The third-order valence-electron chi connectivity index (χ3n) is 3.18. The van der Waals surface area contributed by atoms with Crippen molar-refractivity contribution in [3.05, 3.63) is 54.6 Å². The van der Waals surface area contributed by atoms with Crippen molar-refractivity contribution in [1.82, 2.24) is 0 Å². The van der Waals surface area contributed by atoms with Gasteiger partial charge in [0.05, 0.1) is 0 Å². The van der Waals surface area contributed by atoms with Gasteiger partial charge in [0.15, 0.2) is 0 Å². The monoisotopic (exact) mass is 388 g/mol.